The molecule has 0 bridgehead atoms. The molecule has 0 N–H and O–H groups in total. The third-order valence-electron chi connectivity index (χ3n) is 3.07. The zero-order chi connectivity index (χ0) is 13.3. The molecule has 0 atom stereocenters. The van der Waals surface area contributed by atoms with Crippen LogP contribution in [0.4, 0.5) is 0 Å². The van der Waals surface area contributed by atoms with Gasteiger partial charge in [0.2, 0.25) is 0 Å². The highest BCUT2D eigenvalue weighted by atomic mass is 16.5. The Labute approximate surface area is 107 Å². The molecular formula is C15H18O3. The minimum Gasteiger partial charge on any atom is -0.465 e. The van der Waals surface area contributed by atoms with Gasteiger partial charge >= 0.3 is 5.97 Å². The highest BCUT2D eigenvalue weighted by Crippen LogP contribution is 2.31. The fraction of sp³-hybridized carbons (Fsp3) is 0.400. The molecule has 96 valence electrons. The van der Waals surface area contributed by atoms with E-state index >= 15 is 0 Å². The highest BCUT2D eigenvalue weighted by molar-refractivity contribution is 5.85. The topological polar surface area (TPSA) is 39.4 Å². The van der Waals surface area contributed by atoms with E-state index in [4.69, 9.17) is 9.15 Å². The molecule has 0 unspecified atom stereocenters. The van der Waals surface area contributed by atoms with Crippen molar-refractivity contribution in [1.82, 2.24) is 0 Å². The van der Waals surface area contributed by atoms with E-state index in [2.05, 4.69) is 0 Å². The van der Waals surface area contributed by atoms with Gasteiger partial charge < -0.3 is 9.15 Å². The first-order valence-corrected chi connectivity index (χ1v) is 6.13. The van der Waals surface area contributed by atoms with Gasteiger partial charge in [-0.05, 0) is 45.9 Å². The molecule has 18 heavy (non-hydrogen) atoms. The Morgan fingerprint density at radius 2 is 2.06 bits per heavy atom. The number of ether oxygens (including phenoxy) is 1. The monoisotopic (exact) mass is 246 g/mol. The number of fused-ring (bicyclic) bond motifs is 1. The van der Waals surface area contributed by atoms with Gasteiger partial charge in [0.05, 0.1) is 6.61 Å². The van der Waals surface area contributed by atoms with Gasteiger partial charge in [0, 0.05) is 5.39 Å². The SMILES string of the molecule is CCOC(=O)C(C)(C)c1cc2cc(C)ccc2o1. The Hall–Kier alpha value is -1.77. The zero-order valence-corrected chi connectivity index (χ0v) is 11.2. The van der Waals surface area contributed by atoms with Gasteiger partial charge in [-0.1, -0.05) is 11.6 Å². The number of aryl methyl sites for hydroxylation is 1. The van der Waals surface area contributed by atoms with Gasteiger partial charge in [0.25, 0.3) is 0 Å². The maximum atomic E-state index is 11.9. The number of furan rings is 1. The first-order valence-electron chi connectivity index (χ1n) is 6.13. The van der Waals surface area contributed by atoms with Crippen molar-refractivity contribution >= 4 is 16.9 Å². The van der Waals surface area contributed by atoms with E-state index in [9.17, 15) is 4.79 Å². The van der Waals surface area contributed by atoms with Crippen molar-refractivity contribution in [1.29, 1.82) is 0 Å². The average Bonchev–Trinajstić information content (AvgIpc) is 2.72. The molecule has 1 aromatic carbocycles. The van der Waals surface area contributed by atoms with Crippen molar-refractivity contribution in [3.05, 3.63) is 35.6 Å². The van der Waals surface area contributed by atoms with Gasteiger partial charge in [-0.3, -0.25) is 4.79 Å². The van der Waals surface area contributed by atoms with Crippen LogP contribution >= 0.6 is 0 Å². The second kappa shape index (κ2) is 4.48. The third-order valence-corrected chi connectivity index (χ3v) is 3.07. The van der Waals surface area contributed by atoms with Crippen LogP contribution in [-0.4, -0.2) is 12.6 Å². The van der Waals surface area contributed by atoms with Gasteiger partial charge in [-0.2, -0.15) is 0 Å². The molecule has 0 radical (unpaired) electrons. The maximum absolute atomic E-state index is 11.9. The number of carbonyl (C=O) groups is 1. The molecule has 0 aliphatic heterocycles. The number of carbonyl (C=O) groups excluding carboxylic acids is 1. The molecule has 0 aliphatic rings. The summed E-state index contributed by atoms with van der Waals surface area (Å²) in [6.07, 6.45) is 0. The molecule has 0 aliphatic carbocycles. The van der Waals surface area contributed by atoms with Crippen molar-refractivity contribution < 1.29 is 13.9 Å². The van der Waals surface area contributed by atoms with Gasteiger partial charge in [0.1, 0.15) is 16.8 Å². The summed E-state index contributed by atoms with van der Waals surface area (Å²) in [7, 11) is 0. The van der Waals surface area contributed by atoms with Gasteiger partial charge in [-0.25, -0.2) is 0 Å². The van der Waals surface area contributed by atoms with E-state index in [1.165, 1.54) is 5.56 Å². The van der Waals surface area contributed by atoms with E-state index < -0.39 is 5.41 Å². The number of benzene rings is 1. The van der Waals surface area contributed by atoms with Crippen molar-refractivity contribution in [2.45, 2.75) is 33.1 Å². The molecule has 0 saturated carbocycles. The van der Waals surface area contributed by atoms with E-state index in [-0.39, 0.29) is 5.97 Å². The van der Waals surface area contributed by atoms with E-state index in [1.54, 1.807) is 6.92 Å². The Bertz CT molecular complexity index is 578. The highest BCUT2D eigenvalue weighted by Gasteiger charge is 2.34. The lowest BCUT2D eigenvalue weighted by molar-refractivity contribution is -0.149. The third kappa shape index (κ3) is 2.13. The molecule has 2 rings (SSSR count). The van der Waals surface area contributed by atoms with Crippen LogP contribution in [-0.2, 0) is 14.9 Å². The fourth-order valence-corrected chi connectivity index (χ4v) is 1.88. The molecule has 0 fully saturated rings. The number of rotatable bonds is 3. The van der Waals surface area contributed by atoms with Crippen molar-refractivity contribution in [2.24, 2.45) is 0 Å². The van der Waals surface area contributed by atoms with Crippen LogP contribution in [0.25, 0.3) is 11.0 Å². The number of hydrogen-bond donors (Lipinski definition) is 0. The first-order chi connectivity index (χ1) is 8.45. The Balaban J connectivity index is 2.44. The minimum atomic E-state index is -0.761. The van der Waals surface area contributed by atoms with Crippen molar-refractivity contribution in [3.63, 3.8) is 0 Å². The quantitative estimate of drug-likeness (QED) is 0.777. The summed E-state index contributed by atoms with van der Waals surface area (Å²) in [4.78, 5) is 11.9. The van der Waals surface area contributed by atoms with Crippen molar-refractivity contribution in [2.75, 3.05) is 6.61 Å². The van der Waals surface area contributed by atoms with Crippen LogP contribution in [0.15, 0.2) is 28.7 Å². The lowest BCUT2D eigenvalue weighted by Crippen LogP contribution is -2.30. The van der Waals surface area contributed by atoms with Crippen LogP contribution in [0.2, 0.25) is 0 Å². The van der Waals surface area contributed by atoms with Crippen LogP contribution in [0.5, 0.6) is 0 Å². The summed E-state index contributed by atoms with van der Waals surface area (Å²) in [5.74, 6) is 0.377. The predicted molar refractivity (Wildman–Crippen MR) is 70.6 cm³/mol. The largest absolute Gasteiger partial charge is 0.465 e. The Morgan fingerprint density at radius 1 is 1.33 bits per heavy atom. The van der Waals surface area contributed by atoms with E-state index in [1.807, 2.05) is 45.0 Å². The standard InChI is InChI=1S/C15H18O3/c1-5-17-14(16)15(3,4)13-9-11-8-10(2)6-7-12(11)18-13/h6-9H,5H2,1-4H3. The molecule has 3 heteroatoms. The molecule has 0 spiro atoms. The van der Waals surface area contributed by atoms with Crippen LogP contribution in [0, 0.1) is 6.92 Å². The van der Waals surface area contributed by atoms with E-state index in [0.717, 1.165) is 11.0 Å². The maximum Gasteiger partial charge on any atom is 0.319 e. The summed E-state index contributed by atoms with van der Waals surface area (Å²) >= 11 is 0. The Morgan fingerprint density at radius 3 is 2.72 bits per heavy atom. The second-order valence-corrected chi connectivity index (χ2v) is 5.00. The molecular weight excluding hydrogens is 228 g/mol. The smallest absolute Gasteiger partial charge is 0.319 e. The normalized spacial score (nSPS) is 11.8. The minimum absolute atomic E-state index is 0.263. The summed E-state index contributed by atoms with van der Waals surface area (Å²) < 4.78 is 10.8. The molecule has 0 saturated heterocycles. The summed E-state index contributed by atoms with van der Waals surface area (Å²) in [6.45, 7) is 7.84. The molecule has 0 amide bonds. The summed E-state index contributed by atoms with van der Waals surface area (Å²) in [5, 5.41) is 1.02. The molecule has 2 aromatic rings. The van der Waals surface area contributed by atoms with Crippen LogP contribution in [0.1, 0.15) is 32.1 Å². The summed E-state index contributed by atoms with van der Waals surface area (Å²) in [5.41, 5.74) is 1.21. The molecule has 1 heterocycles. The van der Waals surface area contributed by atoms with Crippen molar-refractivity contribution in [3.8, 4) is 0 Å². The van der Waals surface area contributed by atoms with Crippen LogP contribution in [0.3, 0.4) is 0 Å². The van der Waals surface area contributed by atoms with E-state index in [0.29, 0.717) is 12.4 Å². The number of hydrogen-bond acceptors (Lipinski definition) is 3. The Kier molecular flexibility index (Phi) is 3.16. The summed E-state index contributed by atoms with van der Waals surface area (Å²) in [6, 6.07) is 7.88. The lowest BCUT2D eigenvalue weighted by Gasteiger charge is -2.19. The van der Waals surface area contributed by atoms with Crippen LogP contribution < -0.4 is 0 Å². The second-order valence-electron chi connectivity index (χ2n) is 5.00. The number of esters is 1. The van der Waals surface area contributed by atoms with Gasteiger partial charge in [-0.15, -0.1) is 0 Å². The van der Waals surface area contributed by atoms with Gasteiger partial charge in [0.15, 0.2) is 0 Å². The average molecular weight is 246 g/mol. The predicted octanol–water partition coefficient (Wildman–Crippen LogP) is 3.58. The molecule has 1 aromatic heterocycles. The first kappa shape index (κ1) is 12.7. The lowest BCUT2D eigenvalue weighted by atomic mass is 9.90. The molecule has 3 nitrogen and oxygen atoms in total. The zero-order valence-electron chi connectivity index (χ0n) is 11.2. The fourth-order valence-electron chi connectivity index (χ4n) is 1.88.